The number of carboxylic acid groups (broad SMARTS) is 1. The molecule has 0 unspecified atom stereocenters. The number of rotatable bonds is 11. The number of hydrogen-bond acceptors (Lipinski definition) is 8. The number of carbonyl (C=O) groups is 4. The summed E-state index contributed by atoms with van der Waals surface area (Å²) in [4.78, 5) is 47.0. The third-order valence-corrected chi connectivity index (χ3v) is 4.75. The number of carbonyl (C=O) groups excluding carboxylic acids is 3. The Hall–Kier alpha value is -3.35. The fourth-order valence-corrected chi connectivity index (χ4v) is 2.63. The predicted octanol–water partition coefficient (Wildman–Crippen LogP) is -1.22. The van der Waals surface area contributed by atoms with Crippen LogP contribution in [0.4, 0.5) is 4.79 Å². The van der Waals surface area contributed by atoms with E-state index >= 15 is 0 Å². The third-order valence-electron chi connectivity index (χ3n) is 3.84. The summed E-state index contributed by atoms with van der Waals surface area (Å²) in [5, 5.41) is 24.8. The van der Waals surface area contributed by atoms with Gasteiger partial charge in [-0.25, -0.2) is 13.2 Å². The number of alkyl carbamates (subject to hydrolysis) is 1. The molecule has 0 aliphatic carbocycles. The number of aliphatic carboxylic acids is 1. The van der Waals surface area contributed by atoms with Crippen molar-refractivity contribution < 1.29 is 42.5 Å². The van der Waals surface area contributed by atoms with Crippen LogP contribution in [0, 0.1) is 0 Å². The average molecular weight is 459 g/mol. The summed E-state index contributed by atoms with van der Waals surface area (Å²) in [6.07, 6.45) is -0.0892. The molecule has 2 atom stereocenters. The van der Waals surface area contributed by atoms with Gasteiger partial charge in [0.15, 0.2) is 9.84 Å². The molecule has 172 valence electrons. The Morgan fingerprint density at radius 2 is 1.68 bits per heavy atom. The quantitative estimate of drug-likeness (QED) is 0.270. The number of amides is 3. The van der Waals surface area contributed by atoms with Crippen LogP contribution in [0.2, 0.25) is 0 Å². The molecule has 0 saturated heterocycles. The summed E-state index contributed by atoms with van der Waals surface area (Å²) in [6.45, 7) is 0.296. The van der Waals surface area contributed by atoms with E-state index in [2.05, 4.69) is 16.0 Å². The molecule has 12 nitrogen and oxygen atoms in total. The minimum absolute atomic E-state index is 0.00150. The lowest BCUT2D eigenvalue weighted by Gasteiger charge is -2.21. The van der Waals surface area contributed by atoms with Gasteiger partial charge in [-0.3, -0.25) is 14.4 Å². The maximum absolute atomic E-state index is 12.6. The highest BCUT2D eigenvalue weighted by Crippen LogP contribution is 2.11. The highest BCUT2D eigenvalue weighted by molar-refractivity contribution is 7.90. The van der Waals surface area contributed by atoms with Crippen molar-refractivity contribution in [3.8, 4) is 5.75 Å². The van der Waals surface area contributed by atoms with Crippen LogP contribution in [0.1, 0.15) is 12.5 Å². The monoisotopic (exact) mass is 459 g/mol. The van der Waals surface area contributed by atoms with Gasteiger partial charge in [0.2, 0.25) is 11.8 Å². The zero-order valence-corrected chi connectivity index (χ0v) is 17.8. The van der Waals surface area contributed by atoms with Crippen molar-refractivity contribution in [2.24, 2.45) is 0 Å². The fourth-order valence-electron chi connectivity index (χ4n) is 2.24. The van der Waals surface area contributed by atoms with Gasteiger partial charge in [0.05, 0.1) is 5.75 Å². The van der Waals surface area contributed by atoms with Crippen LogP contribution in [-0.2, 0) is 35.4 Å². The van der Waals surface area contributed by atoms with Gasteiger partial charge in [-0.2, -0.15) is 0 Å². The maximum atomic E-state index is 12.6. The van der Waals surface area contributed by atoms with Crippen LogP contribution in [0.5, 0.6) is 5.75 Å². The first-order valence-electron chi connectivity index (χ1n) is 9.06. The number of phenols is 1. The zero-order chi connectivity index (χ0) is 23.6. The van der Waals surface area contributed by atoms with Crippen LogP contribution in [-0.4, -0.2) is 79.8 Å². The van der Waals surface area contributed by atoms with E-state index in [0.29, 0.717) is 5.56 Å². The van der Waals surface area contributed by atoms with Gasteiger partial charge < -0.3 is 30.9 Å². The van der Waals surface area contributed by atoms with Gasteiger partial charge in [-0.05, 0) is 24.6 Å². The summed E-state index contributed by atoms with van der Waals surface area (Å²) < 4.78 is 27.0. The van der Waals surface area contributed by atoms with Crippen LogP contribution >= 0.6 is 0 Å². The highest BCUT2D eigenvalue weighted by Gasteiger charge is 2.25. The van der Waals surface area contributed by atoms with Crippen molar-refractivity contribution in [3.63, 3.8) is 0 Å². The summed E-state index contributed by atoms with van der Waals surface area (Å²) in [6, 6.07) is 3.51. The summed E-state index contributed by atoms with van der Waals surface area (Å²) in [5.41, 5.74) is 0.567. The van der Waals surface area contributed by atoms with Gasteiger partial charge in [-0.15, -0.1) is 0 Å². The van der Waals surface area contributed by atoms with E-state index in [1.165, 1.54) is 31.2 Å². The first kappa shape index (κ1) is 25.7. The van der Waals surface area contributed by atoms with Crippen molar-refractivity contribution >= 4 is 33.7 Å². The minimum Gasteiger partial charge on any atom is -0.508 e. The van der Waals surface area contributed by atoms with Crippen molar-refractivity contribution in [2.45, 2.75) is 25.4 Å². The van der Waals surface area contributed by atoms with Crippen LogP contribution in [0.3, 0.4) is 0 Å². The third kappa shape index (κ3) is 10.8. The van der Waals surface area contributed by atoms with E-state index in [4.69, 9.17) is 9.84 Å². The van der Waals surface area contributed by atoms with E-state index in [1.807, 2.05) is 0 Å². The Labute approximate surface area is 178 Å². The Morgan fingerprint density at radius 1 is 1.06 bits per heavy atom. The van der Waals surface area contributed by atoms with Crippen LogP contribution < -0.4 is 16.0 Å². The number of aromatic hydroxyl groups is 1. The van der Waals surface area contributed by atoms with E-state index in [-0.39, 0.29) is 12.2 Å². The van der Waals surface area contributed by atoms with Gasteiger partial charge in [0.1, 0.15) is 31.0 Å². The molecule has 0 heterocycles. The molecule has 0 radical (unpaired) electrons. The molecule has 13 heteroatoms. The smallest absolute Gasteiger partial charge is 0.407 e. The molecule has 0 aliphatic rings. The van der Waals surface area contributed by atoms with E-state index in [9.17, 15) is 32.7 Å². The lowest BCUT2D eigenvalue weighted by Crippen LogP contribution is -2.54. The molecule has 3 amide bonds. The number of nitrogens with one attached hydrogen (secondary N) is 3. The van der Waals surface area contributed by atoms with E-state index in [1.54, 1.807) is 0 Å². The molecule has 0 aliphatic heterocycles. The number of ether oxygens (including phenoxy) is 1. The summed E-state index contributed by atoms with van der Waals surface area (Å²) in [7, 11) is -3.35. The van der Waals surface area contributed by atoms with Gasteiger partial charge in [0.25, 0.3) is 0 Å². The second-order valence-corrected chi connectivity index (χ2v) is 8.93. The van der Waals surface area contributed by atoms with Crippen molar-refractivity contribution in [3.05, 3.63) is 29.8 Å². The lowest BCUT2D eigenvalue weighted by molar-refractivity contribution is -0.138. The first-order chi connectivity index (χ1) is 14.4. The second-order valence-electron chi connectivity index (χ2n) is 6.68. The molecular formula is C18H25N3O9S. The van der Waals surface area contributed by atoms with Gasteiger partial charge in [0, 0.05) is 12.7 Å². The molecule has 5 N–H and O–H groups in total. The van der Waals surface area contributed by atoms with Crippen LogP contribution in [0.15, 0.2) is 24.3 Å². The van der Waals surface area contributed by atoms with Crippen LogP contribution in [0.25, 0.3) is 0 Å². The fraction of sp³-hybridized carbons (Fsp3) is 0.444. The van der Waals surface area contributed by atoms with E-state index in [0.717, 1.165) is 6.26 Å². The number of benzene rings is 1. The molecule has 0 spiro atoms. The molecule has 1 rings (SSSR count). The van der Waals surface area contributed by atoms with Gasteiger partial charge in [-0.1, -0.05) is 12.1 Å². The highest BCUT2D eigenvalue weighted by atomic mass is 32.2. The SMILES string of the molecule is C[C@@H](NC(=O)[C@H](Cc1ccc(O)cc1)NC(=O)OCCS(C)(=O)=O)C(=O)NCC(=O)O. The largest absolute Gasteiger partial charge is 0.508 e. The van der Waals surface area contributed by atoms with Crippen molar-refractivity contribution in [1.29, 1.82) is 0 Å². The Bertz CT molecular complexity index is 900. The average Bonchev–Trinajstić information content (AvgIpc) is 2.66. The number of phenolic OH excluding ortho intramolecular Hbond substituents is 1. The number of carboxylic acids is 1. The van der Waals surface area contributed by atoms with Crippen molar-refractivity contribution in [2.75, 3.05) is 25.2 Å². The Kier molecular flexibility index (Phi) is 9.73. The first-order valence-corrected chi connectivity index (χ1v) is 11.1. The maximum Gasteiger partial charge on any atom is 0.407 e. The topological polar surface area (TPSA) is 188 Å². The van der Waals surface area contributed by atoms with Gasteiger partial charge >= 0.3 is 12.1 Å². The minimum atomic E-state index is -3.35. The molecule has 1 aromatic rings. The molecule has 0 aromatic heterocycles. The zero-order valence-electron chi connectivity index (χ0n) is 17.0. The molecule has 0 fully saturated rings. The predicted molar refractivity (Wildman–Crippen MR) is 108 cm³/mol. The summed E-state index contributed by atoms with van der Waals surface area (Å²) in [5.74, 6) is -3.14. The standard InChI is InChI=1S/C18H25N3O9S/c1-11(16(25)19-10-15(23)24)20-17(26)14(9-12-3-5-13(22)6-4-12)21-18(27)30-7-8-31(2,28)29/h3-6,11,14,22H,7-10H2,1-2H3,(H,19,25)(H,20,26)(H,21,27)(H,23,24)/t11-,14+/m1/s1. The molecule has 1 aromatic carbocycles. The lowest BCUT2D eigenvalue weighted by atomic mass is 10.0. The number of sulfone groups is 1. The van der Waals surface area contributed by atoms with Crippen molar-refractivity contribution in [1.82, 2.24) is 16.0 Å². The van der Waals surface area contributed by atoms with E-state index < -0.39 is 64.7 Å². The normalized spacial score (nSPS) is 12.8. The Balaban J connectivity index is 2.81. The molecule has 31 heavy (non-hydrogen) atoms. The Morgan fingerprint density at radius 3 is 2.23 bits per heavy atom. The molecular weight excluding hydrogens is 434 g/mol. The molecule has 0 bridgehead atoms. The molecule has 0 saturated carbocycles. The summed E-state index contributed by atoms with van der Waals surface area (Å²) >= 11 is 0. The number of hydrogen-bond donors (Lipinski definition) is 5. The second kappa shape index (κ2) is 11.7.